The SMILES string of the molecule is Cc1cccc2nc(-c3ccc(NC(=O)Oc4ccc(F)cc4)cc3)c(NC(C)(C)C)n12. The number of carbonyl (C=O) groups is 1. The Labute approximate surface area is 186 Å². The number of halogens is 1. The molecule has 0 spiro atoms. The van der Waals surface area contributed by atoms with Crippen LogP contribution in [0.15, 0.2) is 66.7 Å². The number of aromatic nitrogens is 2. The van der Waals surface area contributed by atoms with E-state index in [9.17, 15) is 9.18 Å². The molecule has 0 aliphatic rings. The number of pyridine rings is 1. The van der Waals surface area contributed by atoms with E-state index in [1.54, 1.807) is 12.1 Å². The van der Waals surface area contributed by atoms with Gasteiger partial charge in [-0.05, 0) is 76.2 Å². The Bertz CT molecular complexity index is 1260. The molecule has 2 aromatic carbocycles. The Morgan fingerprint density at radius 3 is 2.34 bits per heavy atom. The van der Waals surface area contributed by atoms with E-state index in [4.69, 9.17) is 9.72 Å². The van der Waals surface area contributed by atoms with Gasteiger partial charge in [0, 0.05) is 22.5 Å². The van der Waals surface area contributed by atoms with Crippen molar-refractivity contribution < 1.29 is 13.9 Å². The molecule has 1 amide bonds. The maximum absolute atomic E-state index is 13.0. The number of amides is 1. The van der Waals surface area contributed by atoms with Gasteiger partial charge in [0.1, 0.15) is 28.7 Å². The molecule has 2 heterocycles. The van der Waals surface area contributed by atoms with Gasteiger partial charge in [-0.15, -0.1) is 0 Å². The number of carbonyl (C=O) groups excluding carboxylic acids is 1. The predicted octanol–water partition coefficient (Wildman–Crippen LogP) is 6.27. The monoisotopic (exact) mass is 432 g/mol. The van der Waals surface area contributed by atoms with E-state index in [0.717, 1.165) is 28.4 Å². The van der Waals surface area contributed by atoms with Crippen molar-refractivity contribution in [1.82, 2.24) is 9.38 Å². The van der Waals surface area contributed by atoms with Gasteiger partial charge in [0.05, 0.1) is 0 Å². The molecule has 7 heteroatoms. The lowest BCUT2D eigenvalue weighted by molar-refractivity contribution is 0.215. The summed E-state index contributed by atoms with van der Waals surface area (Å²) >= 11 is 0. The molecule has 0 saturated carbocycles. The molecular formula is C25H25FN4O2. The number of ether oxygens (including phenoxy) is 1. The topological polar surface area (TPSA) is 67.7 Å². The number of hydrogen-bond donors (Lipinski definition) is 2. The van der Waals surface area contributed by atoms with E-state index in [2.05, 4.69) is 35.8 Å². The highest BCUT2D eigenvalue weighted by Gasteiger charge is 2.20. The Hall–Kier alpha value is -3.87. The van der Waals surface area contributed by atoms with Crippen molar-refractivity contribution in [2.45, 2.75) is 33.2 Å². The Morgan fingerprint density at radius 2 is 1.69 bits per heavy atom. The summed E-state index contributed by atoms with van der Waals surface area (Å²) in [6.07, 6.45) is -0.650. The Balaban J connectivity index is 1.58. The maximum atomic E-state index is 13.0. The number of aryl methyl sites for hydroxylation is 1. The first-order valence-corrected chi connectivity index (χ1v) is 10.3. The number of anilines is 2. The van der Waals surface area contributed by atoms with Gasteiger partial charge in [-0.1, -0.05) is 18.2 Å². The first-order valence-electron chi connectivity index (χ1n) is 10.3. The number of nitrogens with zero attached hydrogens (tertiary/aromatic N) is 2. The average molecular weight is 432 g/mol. The molecule has 4 aromatic rings. The molecule has 0 fully saturated rings. The van der Waals surface area contributed by atoms with Crippen molar-refractivity contribution in [2.24, 2.45) is 0 Å². The summed E-state index contributed by atoms with van der Waals surface area (Å²) in [6, 6.07) is 18.7. The lowest BCUT2D eigenvalue weighted by Gasteiger charge is -2.23. The van der Waals surface area contributed by atoms with Crippen LogP contribution in [0.25, 0.3) is 16.9 Å². The van der Waals surface area contributed by atoms with E-state index in [1.807, 2.05) is 37.3 Å². The lowest BCUT2D eigenvalue weighted by atomic mass is 10.1. The van der Waals surface area contributed by atoms with Gasteiger partial charge < -0.3 is 10.1 Å². The van der Waals surface area contributed by atoms with Gasteiger partial charge in [0.25, 0.3) is 0 Å². The number of rotatable bonds is 4. The zero-order chi connectivity index (χ0) is 22.9. The van der Waals surface area contributed by atoms with Gasteiger partial charge >= 0.3 is 6.09 Å². The summed E-state index contributed by atoms with van der Waals surface area (Å²) in [6.45, 7) is 8.36. The fraction of sp³-hybridized carbons (Fsp3) is 0.200. The highest BCUT2D eigenvalue weighted by molar-refractivity contribution is 5.87. The second kappa shape index (κ2) is 8.34. The van der Waals surface area contributed by atoms with Crippen molar-refractivity contribution >= 4 is 23.2 Å². The first kappa shape index (κ1) is 21.4. The van der Waals surface area contributed by atoms with Crippen LogP contribution in [0.1, 0.15) is 26.5 Å². The van der Waals surface area contributed by atoms with Gasteiger partial charge in [-0.2, -0.15) is 0 Å². The second-order valence-corrected chi connectivity index (χ2v) is 8.59. The van der Waals surface area contributed by atoms with Gasteiger partial charge in [-0.3, -0.25) is 9.72 Å². The van der Waals surface area contributed by atoms with Crippen molar-refractivity contribution in [3.8, 4) is 17.0 Å². The van der Waals surface area contributed by atoms with Crippen LogP contribution in [0.5, 0.6) is 5.75 Å². The Morgan fingerprint density at radius 1 is 1.00 bits per heavy atom. The largest absolute Gasteiger partial charge is 0.417 e. The van der Waals surface area contributed by atoms with Crippen LogP contribution >= 0.6 is 0 Å². The molecule has 2 aromatic heterocycles. The van der Waals surface area contributed by atoms with Crippen molar-refractivity contribution in [1.29, 1.82) is 0 Å². The summed E-state index contributed by atoms with van der Waals surface area (Å²) in [5.74, 6) is 0.788. The normalized spacial score (nSPS) is 11.4. The third kappa shape index (κ3) is 4.72. The number of nitrogens with one attached hydrogen (secondary N) is 2. The van der Waals surface area contributed by atoms with Crippen molar-refractivity contribution in [2.75, 3.05) is 10.6 Å². The average Bonchev–Trinajstić information content (AvgIpc) is 3.08. The minimum Gasteiger partial charge on any atom is -0.410 e. The molecule has 0 bridgehead atoms. The quantitative estimate of drug-likeness (QED) is 0.399. The highest BCUT2D eigenvalue weighted by Crippen LogP contribution is 2.32. The van der Waals surface area contributed by atoms with Crippen LogP contribution in [0.3, 0.4) is 0 Å². The minimum absolute atomic E-state index is 0.154. The number of imidazole rings is 1. The molecule has 0 saturated heterocycles. The Kier molecular flexibility index (Phi) is 5.57. The summed E-state index contributed by atoms with van der Waals surface area (Å²) in [7, 11) is 0. The number of hydrogen-bond acceptors (Lipinski definition) is 4. The van der Waals surface area contributed by atoms with E-state index < -0.39 is 11.9 Å². The lowest BCUT2D eigenvalue weighted by Crippen LogP contribution is -2.27. The summed E-state index contributed by atoms with van der Waals surface area (Å²) in [5.41, 5.74) is 4.10. The van der Waals surface area contributed by atoms with Crippen molar-refractivity contribution in [3.63, 3.8) is 0 Å². The summed E-state index contributed by atoms with van der Waals surface area (Å²) in [4.78, 5) is 17.0. The molecule has 2 N–H and O–H groups in total. The predicted molar refractivity (Wildman–Crippen MR) is 125 cm³/mol. The molecular weight excluding hydrogens is 407 g/mol. The third-order valence-corrected chi connectivity index (χ3v) is 4.76. The van der Waals surface area contributed by atoms with Gasteiger partial charge in [0.15, 0.2) is 0 Å². The van der Waals surface area contributed by atoms with Crippen LogP contribution in [0.2, 0.25) is 0 Å². The van der Waals surface area contributed by atoms with Crippen LogP contribution < -0.4 is 15.4 Å². The van der Waals surface area contributed by atoms with E-state index in [-0.39, 0.29) is 11.3 Å². The van der Waals surface area contributed by atoms with E-state index in [1.165, 1.54) is 24.3 Å². The minimum atomic E-state index is -0.650. The second-order valence-electron chi connectivity index (χ2n) is 8.59. The third-order valence-electron chi connectivity index (χ3n) is 4.76. The molecule has 0 atom stereocenters. The molecule has 32 heavy (non-hydrogen) atoms. The fourth-order valence-corrected chi connectivity index (χ4v) is 3.39. The van der Waals surface area contributed by atoms with Gasteiger partial charge in [0.2, 0.25) is 0 Å². The molecule has 164 valence electrons. The molecule has 0 aliphatic carbocycles. The molecule has 4 rings (SSSR count). The highest BCUT2D eigenvalue weighted by atomic mass is 19.1. The summed E-state index contributed by atoms with van der Waals surface area (Å²) < 4.78 is 20.3. The molecule has 0 unspecified atom stereocenters. The molecule has 6 nitrogen and oxygen atoms in total. The maximum Gasteiger partial charge on any atom is 0.417 e. The van der Waals surface area contributed by atoms with E-state index >= 15 is 0 Å². The van der Waals surface area contributed by atoms with Gasteiger partial charge in [-0.25, -0.2) is 14.2 Å². The van der Waals surface area contributed by atoms with Crippen LogP contribution in [-0.4, -0.2) is 21.0 Å². The van der Waals surface area contributed by atoms with Crippen LogP contribution in [-0.2, 0) is 0 Å². The zero-order valence-corrected chi connectivity index (χ0v) is 18.4. The smallest absolute Gasteiger partial charge is 0.410 e. The van der Waals surface area contributed by atoms with Crippen LogP contribution in [0.4, 0.5) is 20.7 Å². The van der Waals surface area contributed by atoms with Crippen molar-refractivity contribution in [3.05, 3.63) is 78.2 Å². The zero-order valence-electron chi connectivity index (χ0n) is 18.4. The van der Waals surface area contributed by atoms with E-state index in [0.29, 0.717) is 5.69 Å². The summed E-state index contributed by atoms with van der Waals surface area (Å²) in [5, 5.41) is 6.25. The molecule has 0 aliphatic heterocycles. The molecule has 0 radical (unpaired) electrons. The standard InChI is InChI=1S/C25H25FN4O2/c1-16-6-5-7-21-28-22(23(30(16)21)29-25(2,3)4)17-8-12-19(13-9-17)27-24(31)32-20-14-10-18(26)11-15-20/h5-15,29H,1-4H3,(H,27,31). The number of fused-ring (bicyclic) bond motifs is 1. The fourth-order valence-electron chi connectivity index (χ4n) is 3.39. The first-order chi connectivity index (χ1) is 15.2. The number of benzene rings is 2. The van der Waals surface area contributed by atoms with Crippen LogP contribution in [0, 0.1) is 12.7 Å².